The van der Waals surface area contributed by atoms with Gasteiger partial charge in [0.15, 0.2) is 0 Å². The molecule has 2 amide bonds. The molecule has 6 heteroatoms. The van der Waals surface area contributed by atoms with E-state index in [4.69, 9.17) is 17.3 Å². The quantitative estimate of drug-likeness (QED) is 0.904. The van der Waals surface area contributed by atoms with Gasteiger partial charge >= 0.3 is 0 Å². The molecule has 1 saturated carbocycles. The van der Waals surface area contributed by atoms with E-state index in [1.165, 1.54) is 0 Å². The largest absolute Gasteiger partial charge is 0.335 e. The predicted octanol–water partition coefficient (Wildman–Crippen LogP) is 2.03. The van der Waals surface area contributed by atoms with Gasteiger partial charge in [0, 0.05) is 37.1 Å². The summed E-state index contributed by atoms with van der Waals surface area (Å²) in [6, 6.07) is 7.64. The minimum atomic E-state index is 0.000250. The molecule has 5 nitrogen and oxygen atoms in total. The van der Waals surface area contributed by atoms with E-state index in [0.717, 1.165) is 24.8 Å². The first-order valence-electron chi connectivity index (χ1n) is 8.58. The van der Waals surface area contributed by atoms with Crippen molar-refractivity contribution < 1.29 is 9.59 Å². The molecule has 1 aliphatic carbocycles. The highest BCUT2D eigenvalue weighted by Crippen LogP contribution is 2.27. The topological polar surface area (TPSA) is 66.6 Å². The normalized spacial score (nSPS) is 24.5. The Labute approximate surface area is 147 Å². The van der Waals surface area contributed by atoms with Crippen molar-refractivity contribution >= 4 is 23.4 Å². The Hall–Kier alpha value is -1.59. The second kappa shape index (κ2) is 7.53. The van der Waals surface area contributed by atoms with Crippen LogP contribution in [0.15, 0.2) is 24.3 Å². The SMILES string of the molecule is N[C@@H]1CCC[C@H]1CC(=O)N1CCN(Cc2ccc(Cl)cc2)C(=O)C1. The molecule has 3 rings (SSSR count). The minimum Gasteiger partial charge on any atom is -0.335 e. The van der Waals surface area contributed by atoms with Crippen molar-refractivity contribution in [2.45, 2.75) is 38.3 Å². The molecule has 2 atom stereocenters. The maximum Gasteiger partial charge on any atom is 0.242 e. The first-order chi connectivity index (χ1) is 11.5. The van der Waals surface area contributed by atoms with Gasteiger partial charge in [0.05, 0.1) is 6.54 Å². The van der Waals surface area contributed by atoms with Crippen LogP contribution >= 0.6 is 11.6 Å². The molecule has 1 aliphatic heterocycles. The summed E-state index contributed by atoms with van der Waals surface area (Å²) in [6.07, 6.45) is 3.61. The maximum absolute atomic E-state index is 12.4. The lowest BCUT2D eigenvalue weighted by Crippen LogP contribution is -2.52. The summed E-state index contributed by atoms with van der Waals surface area (Å²) in [5, 5.41) is 0.686. The minimum absolute atomic E-state index is 0.000250. The van der Waals surface area contributed by atoms with E-state index in [2.05, 4.69) is 0 Å². The van der Waals surface area contributed by atoms with Gasteiger partial charge < -0.3 is 15.5 Å². The Morgan fingerprint density at radius 2 is 1.96 bits per heavy atom. The summed E-state index contributed by atoms with van der Waals surface area (Å²) in [5.41, 5.74) is 7.09. The van der Waals surface area contributed by atoms with Crippen molar-refractivity contribution in [1.82, 2.24) is 9.80 Å². The van der Waals surface area contributed by atoms with E-state index in [1.54, 1.807) is 9.80 Å². The number of amides is 2. The predicted molar refractivity (Wildman–Crippen MR) is 93.4 cm³/mol. The van der Waals surface area contributed by atoms with E-state index < -0.39 is 0 Å². The molecule has 0 bridgehead atoms. The number of hydrogen-bond donors (Lipinski definition) is 1. The Balaban J connectivity index is 1.52. The Morgan fingerprint density at radius 1 is 1.21 bits per heavy atom. The second-order valence-corrected chi connectivity index (χ2v) is 7.25. The monoisotopic (exact) mass is 349 g/mol. The molecule has 1 aromatic carbocycles. The summed E-state index contributed by atoms with van der Waals surface area (Å²) in [7, 11) is 0. The number of nitrogens with two attached hydrogens (primary N) is 1. The van der Waals surface area contributed by atoms with Gasteiger partial charge in [-0.25, -0.2) is 0 Å². The first-order valence-corrected chi connectivity index (χ1v) is 8.96. The highest BCUT2D eigenvalue weighted by molar-refractivity contribution is 6.30. The number of piperazine rings is 1. The molecule has 0 aromatic heterocycles. The van der Waals surface area contributed by atoms with E-state index in [9.17, 15) is 9.59 Å². The Morgan fingerprint density at radius 3 is 2.58 bits per heavy atom. The smallest absolute Gasteiger partial charge is 0.242 e. The highest BCUT2D eigenvalue weighted by Gasteiger charge is 2.31. The number of rotatable bonds is 4. The van der Waals surface area contributed by atoms with Crippen molar-refractivity contribution in [2.24, 2.45) is 11.7 Å². The molecule has 0 unspecified atom stereocenters. The summed E-state index contributed by atoms with van der Waals surface area (Å²) < 4.78 is 0. The van der Waals surface area contributed by atoms with Crippen molar-refractivity contribution in [1.29, 1.82) is 0 Å². The molecule has 1 heterocycles. The molecular formula is C18H24ClN3O2. The molecule has 2 N–H and O–H groups in total. The zero-order valence-electron chi connectivity index (χ0n) is 13.8. The van der Waals surface area contributed by atoms with Gasteiger partial charge in [0.1, 0.15) is 0 Å². The summed E-state index contributed by atoms with van der Waals surface area (Å²) in [5.74, 6) is 0.344. The van der Waals surface area contributed by atoms with Crippen LogP contribution < -0.4 is 5.73 Å². The standard InChI is InChI=1S/C18H24ClN3O2/c19-15-6-4-13(5-7-15)11-21-8-9-22(12-18(21)24)17(23)10-14-2-1-3-16(14)20/h4-7,14,16H,1-3,8-12,20H2/t14-,16+/m0/s1. The molecule has 0 radical (unpaired) electrons. The third-order valence-electron chi connectivity index (χ3n) is 5.11. The lowest BCUT2D eigenvalue weighted by molar-refractivity contribution is -0.146. The van der Waals surface area contributed by atoms with Crippen LogP contribution in [0.4, 0.5) is 0 Å². The van der Waals surface area contributed by atoms with Gasteiger partial charge in [0.2, 0.25) is 11.8 Å². The number of halogens is 1. The van der Waals surface area contributed by atoms with Gasteiger partial charge in [-0.05, 0) is 36.5 Å². The summed E-state index contributed by atoms with van der Waals surface area (Å²) in [6.45, 7) is 1.91. The molecular weight excluding hydrogens is 326 g/mol. The zero-order chi connectivity index (χ0) is 17.1. The van der Waals surface area contributed by atoms with Gasteiger partial charge in [0.25, 0.3) is 0 Å². The van der Waals surface area contributed by atoms with Gasteiger partial charge in [-0.2, -0.15) is 0 Å². The molecule has 1 aromatic rings. The van der Waals surface area contributed by atoms with Crippen LogP contribution in [0.25, 0.3) is 0 Å². The second-order valence-electron chi connectivity index (χ2n) is 6.82. The van der Waals surface area contributed by atoms with Crippen LogP contribution in [-0.2, 0) is 16.1 Å². The number of carbonyl (C=O) groups is 2. The number of nitrogens with zero attached hydrogens (tertiary/aromatic N) is 2. The molecule has 24 heavy (non-hydrogen) atoms. The van der Waals surface area contributed by atoms with Crippen molar-refractivity contribution in [3.05, 3.63) is 34.9 Å². The molecule has 1 saturated heterocycles. The number of benzene rings is 1. The molecule has 2 aliphatic rings. The Bertz CT molecular complexity index is 605. The molecule has 2 fully saturated rings. The van der Waals surface area contributed by atoms with Crippen molar-refractivity contribution in [3.8, 4) is 0 Å². The average Bonchev–Trinajstić information content (AvgIpc) is 2.96. The fourth-order valence-corrected chi connectivity index (χ4v) is 3.70. The number of carbonyl (C=O) groups excluding carboxylic acids is 2. The fourth-order valence-electron chi connectivity index (χ4n) is 3.57. The lowest BCUT2D eigenvalue weighted by atomic mass is 9.99. The van der Waals surface area contributed by atoms with Gasteiger partial charge in [-0.15, -0.1) is 0 Å². The number of hydrogen-bond acceptors (Lipinski definition) is 3. The van der Waals surface area contributed by atoms with Crippen LogP contribution in [-0.4, -0.2) is 47.3 Å². The van der Waals surface area contributed by atoms with E-state index in [0.29, 0.717) is 31.1 Å². The van der Waals surface area contributed by atoms with Crippen molar-refractivity contribution in [3.63, 3.8) is 0 Å². The third kappa shape index (κ3) is 4.08. The zero-order valence-corrected chi connectivity index (χ0v) is 14.5. The van der Waals surface area contributed by atoms with Gasteiger partial charge in [-0.3, -0.25) is 9.59 Å². The van der Waals surface area contributed by atoms with Crippen LogP contribution in [0.1, 0.15) is 31.2 Å². The van der Waals surface area contributed by atoms with Crippen LogP contribution in [0.3, 0.4) is 0 Å². The highest BCUT2D eigenvalue weighted by atomic mass is 35.5. The first kappa shape index (κ1) is 17.2. The van der Waals surface area contributed by atoms with E-state index >= 15 is 0 Å². The van der Waals surface area contributed by atoms with E-state index in [-0.39, 0.29) is 30.3 Å². The summed E-state index contributed by atoms with van der Waals surface area (Å²) >= 11 is 5.88. The fraction of sp³-hybridized carbons (Fsp3) is 0.556. The van der Waals surface area contributed by atoms with Crippen LogP contribution in [0, 0.1) is 5.92 Å². The molecule has 130 valence electrons. The van der Waals surface area contributed by atoms with Crippen LogP contribution in [0.5, 0.6) is 0 Å². The summed E-state index contributed by atoms with van der Waals surface area (Å²) in [4.78, 5) is 28.3. The van der Waals surface area contributed by atoms with Crippen molar-refractivity contribution in [2.75, 3.05) is 19.6 Å². The molecule has 0 spiro atoms. The van der Waals surface area contributed by atoms with E-state index in [1.807, 2.05) is 24.3 Å². The van der Waals surface area contributed by atoms with Crippen LogP contribution in [0.2, 0.25) is 5.02 Å². The third-order valence-corrected chi connectivity index (χ3v) is 5.36. The lowest BCUT2D eigenvalue weighted by Gasteiger charge is -2.35. The maximum atomic E-state index is 12.4. The Kier molecular flexibility index (Phi) is 5.41. The van der Waals surface area contributed by atoms with Gasteiger partial charge in [-0.1, -0.05) is 30.2 Å². The average molecular weight is 350 g/mol.